The number of hydrogen-bond donors (Lipinski definition) is 2. The average Bonchev–Trinajstić information content (AvgIpc) is 2.93. The molecule has 1 aliphatic heterocycles. The van der Waals surface area contributed by atoms with Crippen LogP contribution in [0.4, 0.5) is 0 Å². The predicted molar refractivity (Wildman–Crippen MR) is 96.3 cm³/mol. The summed E-state index contributed by atoms with van der Waals surface area (Å²) in [4.78, 5) is 11.9. The summed E-state index contributed by atoms with van der Waals surface area (Å²) in [6.45, 7) is 6.82. The van der Waals surface area contributed by atoms with Crippen molar-refractivity contribution in [2.24, 2.45) is 28.6 Å². The molecule has 0 bridgehead atoms. The minimum absolute atomic E-state index is 0.0458. The van der Waals surface area contributed by atoms with E-state index in [4.69, 9.17) is 9.47 Å². The molecule has 3 saturated carbocycles. The molecule has 1 saturated heterocycles. The molecule has 0 aromatic rings. The summed E-state index contributed by atoms with van der Waals surface area (Å²) in [7, 11) is 0. The van der Waals surface area contributed by atoms with E-state index in [0.717, 1.165) is 38.5 Å². The quantitative estimate of drug-likeness (QED) is 0.735. The maximum absolute atomic E-state index is 11.9. The van der Waals surface area contributed by atoms with Crippen molar-refractivity contribution >= 4 is 5.97 Å². The topological polar surface area (TPSA) is 76.0 Å². The first kappa shape index (κ1) is 18.7. The maximum Gasteiger partial charge on any atom is 0.305 e. The Bertz CT molecular complexity index is 565. The van der Waals surface area contributed by atoms with Gasteiger partial charge in [-0.15, -0.1) is 0 Å². The Morgan fingerprint density at radius 3 is 2.62 bits per heavy atom. The van der Waals surface area contributed by atoms with Gasteiger partial charge < -0.3 is 19.7 Å². The molecule has 3 aliphatic carbocycles. The summed E-state index contributed by atoms with van der Waals surface area (Å²) in [5.74, 6) is 0.750. The minimum Gasteiger partial charge on any atom is -0.459 e. The highest BCUT2D eigenvalue weighted by Crippen LogP contribution is 2.63. The molecule has 2 N–H and O–H groups in total. The van der Waals surface area contributed by atoms with Gasteiger partial charge in [0.15, 0.2) is 0 Å². The van der Waals surface area contributed by atoms with Gasteiger partial charge in [0, 0.05) is 17.8 Å². The molecule has 4 rings (SSSR count). The molecule has 9 atom stereocenters. The van der Waals surface area contributed by atoms with Gasteiger partial charge in [-0.25, -0.2) is 0 Å². The lowest BCUT2D eigenvalue weighted by atomic mass is 9.46. The molecule has 0 radical (unpaired) electrons. The van der Waals surface area contributed by atoms with Gasteiger partial charge in [-0.3, -0.25) is 4.79 Å². The van der Waals surface area contributed by atoms with Gasteiger partial charge in [-0.05, 0) is 55.8 Å². The highest BCUT2D eigenvalue weighted by molar-refractivity contribution is 5.69. The van der Waals surface area contributed by atoms with Crippen molar-refractivity contribution in [1.82, 2.24) is 0 Å². The Balaban J connectivity index is 1.59. The molecule has 0 spiro atoms. The molecule has 4 fully saturated rings. The van der Waals surface area contributed by atoms with Crippen LogP contribution in [0.2, 0.25) is 0 Å². The van der Waals surface area contributed by atoms with Crippen LogP contribution in [0.3, 0.4) is 0 Å². The second kappa shape index (κ2) is 6.46. The average molecular weight is 366 g/mol. The zero-order valence-electron chi connectivity index (χ0n) is 16.3. The van der Waals surface area contributed by atoms with Crippen LogP contribution in [-0.4, -0.2) is 47.2 Å². The minimum atomic E-state index is -0.395. The molecule has 1 heterocycles. The van der Waals surface area contributed by atoms with E-state index in [0.29, 0.717) is 24.9 Å². The Morgan fingerprint density at radius 2 is 1.88 bits per heavy atom. The van der Waals surface area contributed by atoms with Crippen molar-refractivity contribution in [2.75, 3.05) is 6.61 Å². The van der Waals surface area contributed by atoms with E-state index in [2.05, 4.69) is 13.8 Å². The first-order valence-electron chi connectivity index (χ1n) is 10.5. The largest absolute Gasteiger partial charge is 0.459 e. The zero-order valence-corrected chi connectivity index (χ0v) is 16.3. The number of carbonyl (C=O) groups is 1. The highest BCUT2D eigenvalue weighted by atomic mass is 16.6. The summed E-state index contributed by atoms with van der Waals surface area (Å²) in [5.41, 5.74) is -0.0314. The molecule has 0 amide bonds. The first-order valence-corrected chi connectivity index (χ1v) is 10.5. The molecule has 0 aromatic carbocycles. The smallest absolute Gasteiger partial charge is 0.305 e. The highest BCUT2D eigenvalue weighted by Gasteiger charge is 2.64. The second-order valence-electron chi connectivity index (χ2n) is 9.75. The predicted octanol–water partition coefficient (Wildman–Crippen LogP) is 2.67. The Morgan fingerprint density at radius 1 is 1.15 bits per heavy atom. The first-order chi connectivity index (χ1) is 12.3. The molecule has 0 aromatic heterocycles. The van der Waals surface area contributed by atoms with Crippen molar-refractivity contribution in [1.29, 1.82) is 0 Å². The van der Waals surface area contributed by atoms with Crippen molar-refractivity contribution in [3.05, 3.63) is 0 Å². The lowest BCUT2D eigenvalue weighted by molar-refractivity contribution is -0.193. The van der Waals surface area contributed by atoms with Crippen LogP contribution in [0.5, 0.6) is 0 Å². The third-order valence-electron chi connectivity index (χ3n) is 8.51. The van der Waals surface area contributed by atoms with Crippen molar-refractivity contribution < 1.29 is 24.5 Å². The van der Waals surface area contributed by atoms with E-state index < -0.39 is 6.10 Å². The second-order valence-corrected chi connectivity index (χ2v) is 9.75. The van der Waals surface area contributed by atoms with E-state index >= 15 is 0 Å². The molecular formula is C21H34O5. The fraction of sp³-hybridized carbons (Fsp3) is 0.952. The standard InChI is InChI=1S/C21H34O5/c1-4-17(24)26-16-11-25-19-18-14(6-8-21(16,19)3)20(2)7-5-13(22)9-12(20)10-15(18)23/h12-16,18-19,22-23H,4-11H2,1-3H3/t12?,13-,14?,15?,16-,18?,19?,20-,21+/m0/s1. The van der Waals surface area contributed by atoms with Crippen LogP contribution in [0.15, 0.2) is 0 Å². The van der Waals surface area contributed by atoms with Crippen molar-refractivity contribution in [3.8, 4) is 0 Å². The fourth-order valence-electron chi connectivity index (χ4n) is 6.83. The summed E-state index contributed by atoms with van der Waals surface area (Å²) < 4.78 is 11.9. The van der Waals surface area contributed by atoms with Gasteiger partial charge in [0.1, 0.15) is 6.10 Å². The van der Waals surface area contributed by atoms with Crippen LogP contribution in [0.25, 0.3) is 0 Å². The van der Waals surface area contributed by atoms with E-state index in [9.17, 15) is 15.0 Å². The van der Waals surface area contributed by atoms with Crippen LogP contribution in [0.1, 0.15) is 65.7 Å². The number of fused-ring (bicyclic) bond motifs is 5. The van der Waals surface area contributed by atoms with E-state index in [1.165, 1.54) is 0 Å². The SMILES string of the molecule is CCC(=O)O[C@H]1COC2C3C(O)CC4C[C@@H](O)CC[C@]4(C)C3CC[C@@]21C. The zero-order chi connectivity index (χ0) is 18.7. The number of aliphatic hydroxyl groups excluding tert-OH is 2. The fourth-order valence-corrected chi connectivity index (χ4v) is 6.83. The number of rotatable bonds is 2. The summed E-state index contributed by atoms with van der Waals surface area (Å²) in [5, 5.41) is 21.2. The Labute approximate surface area is 156 Å². The number of esters is 1. The number of carbonyl (C=O) groups excluding carboxylic acids is 1. The van der Waals surface area contributed by atoms with Gasteiger partial charge >= 0.3 is 5.97 Å². The number of ether oxygens (including phenoxy) is 2. The molecule has 148 valence electrons. The van der Waals surface area contributed by atoms with E-state index in [-0.39, 0.29) is 41.0 Å². The monoisotopic (exact) mass is 366 g/mol. The molecule has 4 aliphatic rings. The van der Waals surface area contributed by atoms with Gasteiger partial charge in [0.25, 0.3) is 0 Å². The van der Waals surface area contributed by atoms with Gasteiger partial charge in [-0.1, -0.05) is 20.8 Å². The molecular weight excluding hydrogens is 332 g/mol. The van der Waals surface area contributed by atoms with Crippen LogP contribution in [0, 0.1) is 28.6 Å². The maximum atomic E-state index is 11.9. The van der Waals surface area contributed by atoms with Crippen molar-refractivity contribution in [3.63, 3.8) is 0 Å². The molecule has 26 heavy (non-hydrogen) atoms. The van der Waals surface area contributed by atoms with Crippen LogP contribution < -0.4 is 0 Å². The summed E-state index contributed by atoms with van der Waals surface area (Å²) >= 11 is 0. The number of hydrogen-bond acceptors (Lipinski definition) is 5. The molecule has 5 heteroatoms. The third-order valence-corrected chi connectivity index (χ3v) is 8.51. The Kier molecular flexibility index (Phi) is 4.64. The van der Waals surface area contributed by atoms with Crippen LogP contribution in [-0.2, 0) is 14.3 Å². The van der Waals surface area contributed by atoms with Crippen molar-refractivity contribution in [2.45, 2.75) is 90.1 Å². The normalized spacial score (nSPS) is 53.3. The Hall–Kier alpha value is -0.650. The summed E-state index contributed by atoms with van der Waals surface area (Å²) in [6, 6.07) is 0. The third kappa shape index (κ3) is 2.65. The van der Waals surface area contributed by atoms with E-state index in [1.54, 1.807) is 0 Å². The summed E-state index contributed by atoms with van der Waals surface area (Å²) in [6.07, 6.45) is 5.01. The van der Waals surface area contributed by atoms with Gasteiger partial charge in [-0.2, -0.15) is 0 Å². The van der Waals surface area contributed by atoms with E-state index in [1.807, 2.05) is 6.92 Å². The van der Waals surface area contributed by atoms with Gasteiger partial charge in [0.05, 0.1) is 24.9 Å². The molecule has 5 nitrogen and oxygen atoms in total. The number of aliphatic hydroxyl groups is 2. The lowest BCUT2D eigenvalue weighted by Crippen LogP contribution is -2.61. The van der Waals surface area contributed by atoms with Gasteiger partial charge in [0.2, 0.25) is 0 Å². The lowest BCUT2D eigenvalue weighted by Gasteiger charge is -2.61. The molecule has 5 unspecified atom stereocenters. The van der Waals surface area contributed by atoms with Crippen LogP contribution >= 0.6 is 0 Å².